The lowest BCUT2D eigenvalue weighted by molar-refractivity contribution is -0.148. The Kier molecular flexibility index (Phi) is 20.2. The molecule has 2 aliphatic rings. The van der Waals surface area contributed by atoms with Crippen molar-refractivity contribution in [2.45, 2.75) is 157 Å². The van der Waals surface area contributed by atoms with Crippen LogP contribution < -0.4 is 10.6 Å². The Morgan fingerprint density at radius 1 is 0.623 bits per heavy atom. The van der Waals surface area contributed by atoms with E-state index in [2.05, 4.69) is 10.6 Å². The number of amides is 4. The van der Waals surface area contributed by atoms with E-state index in [0.29, 0.717) is 24.9 Å². The largest absolute Gasteiger partial charge is 0.480 e. The van der Waals surface area contributed by atoms with E-state index in [4.69, 9.17) is 14.2 Å². The first kappa shape index (κ1) is 47.4. The molecule has 2 saturated carbocycles. The van der Waals surface area contributed by atoms with Crippen LogP contribution in [0.4, 0.5) is 9.59 Å². The van der Waals surface area contributed by atoms with Crippen LogP contribution in [0.3, 0.4) is 0 Å². The van der Waals surface area contributed by atoms with Gasteiger partial charge in [-0.15, -0.1) is 0 Å². The zero-order valence-corrected chi connectivity index (χ0v) is 34.4. The van der Waals surface area contributed by atoms with Crippen LogP contribution in [0.5, 0.6) is 0 Å². The smallest absolute Gasteiger partial charge is 0.408 e. The van der Waals surface area contributed by atoms with E-state index in [0.717, 1.165) is 51.4 Å². The zero-order valence-electron chi connectivity index (χ0n) is 34.4. The molecule has 2 rings (SSSR count). The molecule has 0 spiro atoms. The minimum absolute atomic E-state index is 0.106. The molecular weight excluding hydrogens is 684 g/mol. The number of carbonyl (C=O) groups is 6. The van der Waals surface area contributed by atoms with E-state index in [1.165, 1.54) is 29.8 Å². The lowest BCUT2D eigenvalue weighted by atomic mass is 9.88. The highest BCUT2D eigenvalue weighted by Crippen LogP contribution is 2.26. The van der Waals surface area contributed by atoms with E-state index in [1.807, 2.05) is 27.7 Å². The monoisotopic (exact) mass is 755 g/mol. The number of carboxylic acids is 1. The Balaban J connectivity index is 0.000000530. The number of ether oxygens (including phenoxy) is 3. The van der Waals surface area contributed by atoms with Crippen LogP contribution in [0.15, 0.2) is 0 Å². The highest BCUT2D eigenvalue weighted by molar-refractivity contribution is 5.89. The van der Waals surface area contributed by atoms with Crippen LogP contribution in [0.25, 0.3) is 0 Å². The van der Waals surface area contributed by atoms with Crippen molar-refractivity contribution in [2.75, 3.05) is 33.3 Å². The Labute approximate surface area is 317 Å². The van der Waals surface area contributed by atoms with Crippen LogP contribution in [-0.2, 0) is 33.4 Å². The van der Waals surface area contributed by atoms with Crippen LogP contribution in [0.2, 0.25) is 0 Å². The highest BCUT2D eigenvalue weighted by atomic mass is 16.6. The first-order chi connectivity index (χ1) is 24.5. The predicted octanol–water partition coefficient (Wildman–Crippen LogP) is 6.15. The highest BCUT2D eigenvalue weighted by Gasteiger charge is 2.34. The SMILES string of the molecule is CC(C)[C@H](NC(=O)OC(C)(C)C)C(=O)N(CC(=O)O)CC1CCCCC1.COC(=O)CN(CC1CCCCC1)C(=O)[C@@H](NC(=O)OC(C)(C)C)C(C)C. The molecule has 14 heteroatoms. The van der Waals surface area contributed by atoms with E-state index in [1.54, 1.807) is 41.5 Å². The Morgan fingerprint density at radius 3 is 1.25 bits per heavy atom. The summed E-state index contributed by atoms with van der Waals surface area (Å²) in [7, 11) is 1.31. The van der Waals surface area contributed by atoms with E-state index < -0.39 is 47.4 Å². The second kappa shape index (κ2) is 22.6. The molecule has 2 atom stereocenters. The summed E-state index contributed by atoms with van der Waals surface area (Å²) in [4.78, 5) is 76.4. The van der Waals surface area contributed by atoms with Crippen molar-refractivity contribution in [3.63, 3.8) is 0 Å². The minimum atomic E-state index is -1.05. The molecule has 0 aromatic heterocycles. The lowest BCUT2D eigenvalue weighted by Crippen LogP contribution is -2.54. The molecule has 0 aromatic rings. The van der Waals surface area contributed by atoms with Crippen molar-refractivity contribution in [3.8, 4) is 0 Å². The fourth-order valence-electron chi connectivity index (χ4n) is 6.50. The van der Waals surface area contributed by atoms with Crippen LogP contribution in [0, 0.1) is 23.7 Å². The molecule has 53 heavy (non-hydrogen) atoms. The number of nitrogens with zero attached hydrogens (tertiary/aromatic N) is 2. The molecule has 0 radical (unpaired) electrons. The van der Waals surface area contributed by atoms with E-state index in [-0.39, 0.29) is 36.7 Å². The van der Waals surface area contributed by atoms with Crippen LogP contribution in [0.1, 0.15) is 133 Å². The summed E-state index contributed by atoms with van der Waals surface area (Å²) in [5.74, 6) is -1.77. The summed E-state index contributed by atoms with van der Waals surface area (Å²) in [5, 5.41) is 14.5. The van der Waals surface area contributed by atoms with Gasteiger partial charge < -0.3 is 39.8 Å². The Hall–Kier alpha value is -3.58. The molecule has 14 nitrogen and oxygen atoms in total. The maximum Gasteiger partial charge on any atom is 0.408 e. The molecule has 0 unspecified atom stereocenters. The van der Waals surface area contributed by atoms with Crippen molar-refractivity contribution in [2.24, 2.45) is 23.7 Å². The Bertz CT molecular complexity index is 1180. The van der Waals surface area contributed by atoms with E-state index in [9.17, 15) is 33.9 Å². The average Bonchev–Trinajstić information content (AvgIpc) is 3.04. The lowest BCUT2D eigenvalue weighted by Gasteiger charge is -2.33. The second-order valence-corrected chi connectivity index (χ2v) is 17.2. The van der Waals surface area contributed by atoms with Crippen molar-refractivity contribution in [1.82, 2.24) is 20.4 Å². The summed E-state index contributed by atoms with van der Waals surface area (Å²) >= 11 is 0. The number of hydrogen-bond acceptors (Lipinski definition) is 9. The molecule has 4 amide bonds. The standard InChI is InChI=1S/C20H36N2O5.C19H34N2O5/c1-14(2)17(21-19(25)27-20(3,4)5)18(24)22(13-16(23)26-6)12-15-10-8-7-9-11-15;1-13(2)16(20-18(25)26-19(3,4)5)17(24)21(12-15(22)23)11-14-9-7-6-8-10-14/h14-15,17H,7-13H2,1-6H3,(H,21,25);13-14,16H,6-12H2,1-5H3,(H,20,25)(H,22,23)/t17-;16-/m00/s1. The molecule has 2 aliphatic carbocycles. The molecule has 0 aliphatic heterocycles. The van der Waals surface area contributed by atoms with Crippen molar-refractivity contribution in [1.29, 1.82) is 0 Å². The van der Waals surface area contributed by atoms with Gasteiger partial charge in [0, 0.05) is 13.1 Å². The summed E-state index contributed by atoms with van der Waals surface area (Å²) in [5.41, 5.74) is -1.32. The van der Waals surface area contributed by atoms with Crippen molar-refractivity contribution in [3.05, 3.63) is 0 Å². The predicted molar refractivity (Wildman–Crippen MR) is 202 cm³/mol. The van der Waals surface area contributed by atoms with Gasteiger partial charge in [0.15, 0.2) is 0 Å². The van der Waals surface area contributed by atoms with E-state index >= 15 is 0 Å². The maximum atomic E-state index is 13.2. The van der Waals surface area contributed by atoms with Gasteiger partial charge in [0.2, 0.25) is 11.8 Å². The number of methoxy groups -OCH3 is 1. The van der Waals surface area contributed by atoms with Crippen molar-refractivity contribution >= 4 is 35.9 Å². The third kappa shape index (κ3) is 19.9. The number of carboxylic acid groups (broad SMARTS) is 1. The van der Waals surface area contributed by atoms with Gasteiger partial charge in [0.1, 0.15) is 36.4 Å². The van der Waals surface area contributed by atoms with Gasteiger partial charge in [-0.3, -0.25) is 19.2 Å². The first-order valence-electron chi connectivity index (χ1n) is 19.4. The summed E-state index contributed by atoms with van der Waals surface area (Å²) in [6, 6.07) is -1.57. The number of rotatable bonds is 14. The minimum Gasteiger partial charge on any atom is -0.480 e. The molecule has 2 fully saturated rings. The zero-order chi connectivity index (χ0) is 40.5. The third-order valence-corrected chi connectivity index (χ3v) is 9.11. The summed E-state index contributed by atoms with van der Waals surface area (Å²) in [6.45, 7) is 18.4. The fourth-order valence-corrected chi connectivity index (χ4v) is 6.50. The second-order valence-electron chi connectivity index (χ2n) is 17.2. The Morgan fingerprint density at radius 2 is 0.962 bits per heavy atom. The van der Waals surface area contributed by atoms with Gasteiger partial charge in [0.25, 0.3) is 0 Å². The fraction of sp³-hybridized carbons (Fsp3) is 0.846. The van der Waals surface area contributed by atoms with Gasteiger partial charge in [-0.2, -0.15) is 0 Å². The number of aliphatic carboxylic acids is 1. The van der Waals surface area contributed by atoms with Crippen LogP contribution in [-0.4, -0.2) is 107 Å². The number of alkyl carbamates (subject to hydrolysis) is 2. The number of esters is 1. The van der Waals surface area contributed by atoms with Gasteiger partial charge in [-0.05, 0) is 90.9 Å². The number of nitrogens with one attached hydrogen (secondary N) is 2. The summed E-state index contributed by atoms with van der Waals surface area (Å²) in [6.07, 6.45) is 9.76. The van der Waals surface area contributed by atoms with Gasteiger partial charge in [0.05, 0.1) is 7.11 Å². The van der Waals surface area contributed by atoms with Gasteiger partial charge in [-0.1, -0.05) is 66.2 Å². The van der Waals surface area contributed by atoms with Gasteiger partial charge in [-0.25, -0.2) is 9.59 Å². The third-order valence-electron chi connectivity index (χ3n) is 9.11. The molecule has 0 saturated heterocycles. The molecule has 306 valence electrons. The normalized spacial score (nSPS) is 16.7. The molecule has 0 bridgehead atoms. The average molecular weight is 755 g/mol. The number of carbonyl (C=O) groups excluding carboxylic acids is 5. The van der Waals surface area contributed by atoms with Crippen molar-refractivity contribution < 1.29 is 48.1 Å². The van der Waals surface area contributed by atoms with Gasteiger partial charge >= 0.3 is 24.1 Å². The maximum absolute atomic E-state index is 13.2. The molecule has 3 N–H and O–H groups in total. The quantitative estimate of drug-likeness (QED) is 0.138. The summed E-state index contributed by atoms with van der Waals surface area (Å²) < 4.78 is 15.3. The first-order valence-corrected chi connectivity index (χ1v) is 19.4. The molecular formula is C39H70N4O10. The topological polar surface area (TPSA) is 181 Å². The molecule has 0 aromatic carbocycles. The number of hydrogen-bond donors (Lipinski definition) is 3. The molecule has 0 heterocycles. The van der Waals surface area contributed by atoms with Crippen LogP contribution >= 0.6 is 0 Å².